The molecule has 4 aromatic heterocycles. The predicted molar refractivity (Wildman–Crippen MR) is 128 cm³/mol. The second-order valence-corrected chi connectivity index (χ2v) is 8.90. The van der Waals surface area contributed by atoms with E-state index in [1.165, 1.54) is 24.7 Å². The third-order valence-electron chi connectivity index (χ3n) is 5.35. The van der Waals surface area contributed by atoms with Gasteiger partial charge in [0.15, 0.2) is 5.69 Å². The monoisotopic (exact) mass is 532 g/mol. The van der Waals surface area contributed by atoms with Crippen LogP contribution in [0.1, 0.15) is 12.6 Å². The van der Waals surface area contributed by atoms with E-state index in [9.17, 15) is 23.1 Å². The number of carbonyl (C=O) groups excluding carboxylic acids is 1. The number of alkyl halides is 3. The maximum Gasteiger partial charge on any atom is 0.434 e. The minimum atomic E-state index is -4.60. The van der Waals surface area contributed by atoms with Gasteiger partial charge in [0.1, 0.15) is 10.8 Å². The average Bonchev–Trinajstić information content (AvgIpc) is 3.53. The van der Waals surface area contributed by atoms with Crippen LogP contribution in [0.2, 0.25) is 0 Å². The predicted octanol–water partition coefficient (Wildman–Crippen LogP) is 3.66. The second kappa shape index (κ2) is 9.74. The van der Waals surface area contributed by atoms with Crippen molar-refractivity contribution < 1.29 is 27.5 Å². The van der Waals surface area contributed by atoms with Crippen LogP contribution in [0.25, 0.3) is 33.2 Å². The number of hydrogen-bond donors (Lipinski definition) is 3. The number of aliphatic hydroxyl groups excluding tert-OH is 1. The molecule has 3 N–H and O–H groups in total. The molecule has 0 bridgehead atoms. The van der Waals surface area contributed by atoms with E-state index in [1.807, 2.05) is 0 Å². The zero-order valence-electron chi connectivity index (χ0n) is 19.2. The van der Waals surface area contributed by atoms with Gasteiger partial charge in [0.25, 0.3) is 5.89 Å². The Kier molecular flexibility index (Phi) is 6.47. The highest BCUT2D eigenvalue weighted by Crippen LogP contribution is 2.39. The molecule has 192 valence electrons. The number of anilines is 2. The summed E-state index contributed by atoms with van der Waals surface area (Å²) in [7, 11) is 0. The molecule has 0 atom stereocenters. The topological polar surface area (TPSA) is 142 Å². The molecule has 1 saturated heterocycles. The molecule has 0 aliphatic carbocycles. The first-order chi connectivity index (χ1) is 17.7. The van der Waals surface area contributed by atoms with Gasteiger partial charge >= 0.3 is 18.2 Å². The fourth-order valence-electron chi connectivity index (χ4n) is 3.56. The Hall–Kier alpha value is -4.11. The fourth-order valence-corrected chi connectivity index (χ4v) is 4.41. The standard InChI is InChI=1S/C22H19F3N8O3S/c1-2-27-20(35)30-17-4-14(19-29-16(10-37-19)22(23,24)25)15(7-28-17)11-3-12(6-26-5-11)18-31-32-21(36-18)33-8-13(34)9-33/h3-7,10,13,34H,2,8-9H2,1H3,(H2,27,28,30,35). The minimum Gasteiger partial charge on any atom is -0.403 e. The summed E-state index contributed by atoms with van der Waals surface area (Å²) < 4.78 is 45.4. The number of carbonyl (C=O) groups is 1. The molecule has 0 unspecified atom stereocenters. The molecule has 37 heavy (non-hydrogen) atoms. The van der Waals surface area contributed by atoms with Crippen LogP contribution in [0, 0.1) is 0 Å². The molecule has 1 aliphatic heterocycles. The van der Waals surface area contributed by atoms with Crippen molar-refractivity contribution in [3.63, 3.8) is 0 Å². The molecule has 1 aliphatic rings. The van der Waals surface area contributed by atoms with E-state index in [0.29, 0.717) is 41.9 Å². The van der Waals surface area contributed by atoms with Gasteiger partial charge in [-0.2, -0.15) is 13.2 Å². The molecule has 0 saturated carbocycles. The van der Waals surface area contributed by atoms with Crippen LogP contribution in [0.15, 0.2) is 40.5 Å². The SMILES string of the molecule is CCNC(=O)Nc1cc(-c2nc(C(F)(F)F)cs2)c(-c2cncc(-c3nnc(N4CC(O)C4)o3)c2)cn1. The van der Waals surface area contributed by atoms with E-state index in [4.69, 9.17) is 4.42 Å². The van der Waals surface area contributed by atoms with Crippen molar-refractivity contribution >= 4 is 29.2 Å². The van der Waals surface area contributed by atoms with Crippen LogP contribution in [0.3, 0.4) is 0 Å². The van der Waals surface area contributed by atoms with Gasteiger partial charge in [-0.05, 0) is 19.1 Å². The lowest BCUT2D eigenvalue weighted by atomic mass is 10.0. The van der Waals surface area contributed by atoms with Crippen molar-refractivity contribution in [3.8, 4) is 33.2 Å². The number of urea groups is 1. The first-order valence-electron chi connectivity index (χ1n) is 11.0. The molecule has 0 spiro atoms. The van der Waals surface area contributed by atoms with Crippen LogP contribution >= 0.6 is 11.3 Å². The first-order valence-corrected chi connectivity index (χ1v) is 11.9. The number of aliphatic hydroxyl groups is 1. The fraction of sp³-hybridized carbons (Fsp3) is 0.273. The summed E-state index contributed by atoms with van der Waals surface area (Å²) in [5.74, 6) is 0.319. The number of nitrogens with zero attached hydrogens (tertiary/aromatic N) is 6. The van der Waals surface area contributed by atoms with E-state index < -0.39 is 24.0 Å². The van der Waals surface area contributed by atoms with Crippen LogP contribution < -0.4 is 15.5 Å². The number of pyridine rings is 2. The van der Waals surface area contributed by atoms with Crippen LogP contribution in [0.5, 0.6) is 0 Å². The van der Waals surface area contributed by atoms with Gasteiger partial charge in [-0.1, -0.05) is 5.10 Å². The first kappa shape index (κ1) is 24.6. The summed E-state index contributed by atoms with van der Waals surface area (Å²) in [5.41, 5.74) is 0.719. The molecule has 2 amide bonds. The molecule has 0 aromatic carbocycles. The number of halogens is 3. The number of aromatic nitrogens is 5. The van der Waals surface area contributed by atoms with Crippen molar-refractivity contribution in [1.82, 2.24) is 30.5 Å². The highest BCUT2D eigenvalue weighted by atomic mass is 32.1. The van der Waals surface area contributed by atoms with E-state index in [0.717, 1.165) is 16.7 Å². The zero-order valence-corrected chi connectivity index (χ0v) is 20.0. The van der Waals surface area contributed by atoms with Crippen LogP contribution in [0.4, 0.5) is 29.8 Å². The lowest BCUT2D eigenvalue weighted by Gasteiger charge is -2.33. The molecule has 11 nitrogen and oxygen atoms in total. The molecular weight excluding hydrogens is 513 g/mol. The smallest absolute Gasteiger partial charge is 0.403 e. The largest absolute Gasteiger partial charge is 0.434 e. The normalized spacial score (nSPS) is 13.9. The van der Waals surface area contributed by atoms with Gasteiger partial charge in [-0.3, -0.25) is 10.3 Å². The minimum absolute atomic E-state index is 0.0884. The van der Waals surface area contributed by atoms with E-state index in [-0.39, 0.29) is 22.7 Å². The Balaban J connectivity index is 1.52. The van der Waals surface area contributed by atoms with E-state index >= 15 is 0 Å². The molecule has 5 rings (SSSR count). The van der Waals surface area contributed by atoms with Gasteiger partial charge in [0, 0.05) is 47.2 Å². The molecule has 15 heteroatoms. The second-order valence-electron chi connectivity index (χ2n) is 8.05. The van der Waals surface area contributed by atoms with Gasteiger partial charge in [-0.15, -0.1) is 16.4 Å². The highest BCUT2D eigenvalue weighted by molar-refractivity contribution is 7.13. The quantitative estimate of drug-likeness (QED) is 0.339. The van der Waals surface area contributed by atoms with Crippen LogP contribution in [-0.4, -0.2) is 62.0 Å². The van der Waals surface area contributed by atoms with Gasteiger partial charge < -0.3 is 19.7 Å². The zero-order chi connectivity index (χ0) is 26.2. The Labute approximate surface area is 211 Å². The molecule has 0 radical (unpaired) electrons. The number of rotatable bonds is 6. The maximum atomic E-state index is 13.2. The lowest BCUT2D eigenvalue weighted by molar-refractivity contribution is -0.140. The summed E-state index contributed by atoms with van der Waals surface area (Å²) >= 11 is 0.818. The summed E-state index contributed by atoms with van der Waals surface area (Å²) in [6.45, 7) is 2.90. The Morgan fingerprint density at radius 2 is 1.97 bits per heavy atom. The van der Waals surface area contributed by atoms with Crippen LogP contribution in [-0.2, 0) is 6.18 Å². The number of amides is 2. The summed E-state index contributed by atoms with van der Waals surface area (Å²) in [6, 6.07) is 2.90. The third kappa shape index (κ3) is 5.22. The van der Waals surface area contributed by atoms with Crippen molar-refractivity contribution in [2.75, 3.05) is 29.9 Å². The summed E-state index contributed by atoms with van der Waals surface area (Å²) in [6.07, 6.45) is -0.599. The Morgan fingerprint density at radius 3 is 2.68 bits per heavy atom. The van der Waals surface area contributed by atoms with Crippen molar-refractivity contribution in [2.24, 2.45) is 0 Å². The lowest BCUT2D eigenvalue weighted by Crippen LogP contribution is -2.51. The summed E-state index contributed by atoms with van der Waals surface area (Å²) in [4.78, 5) is 25.9. The van der Waals surface area contributed by atoms with Crippen molar-refractivity contribution in [2.45, 2.75) is 19.2 Å². The van der Waals surface area contributed by atoms with Gasteiger partial charge in [0.05, 0.1) is 24.8 Å². The Morgan fingerprint density at radius 1 is 1.19 bits per heavy atom. The highest BCUT2D eigenvalue weighted by Gasteiger charge is 2.34. The van der Waals surface area contributed by atoms with Crippen molar-refractivity contribution in [3.05, 3.63) is 41.8 Å². The maximum absolute atomic E-state index is 13.2. The van der Waals surface area contributed by atoms with E-state index in [1.54, 1.807) is 17.9 Å². The molecule has 4 aromatic rings. The Bertz CT molecular complexity index is 1430. The van der Waals surface area contributed by atoms with Gasteiger partial charge in [-0.25, -0.2) is 14.8 Å². The number of thiazole rings is 1. The molecule has 5 heterocycles. The third-order valence-corrected chi connectivity index (χ3v) is 6.23. The molecule has 1 fully saturated rings. The number of β-amino-alcohol motifs (C(OH)–C–C–N with tert-alkyl or cyclic N) is 1. The summed E-state index contributed by atoms with van der Waals surface area (Å²) in [5, 5.41) is 23.7. The average molecular weight is 533 g/mol. The number of hydrogen-bond acceptors (Lipinski definition) is 10. The van der Waals surface area contributed by atoms with E-state index in [2.05, 4.69) is 35.8 Å². The van der Waals surface area contributed by atoms with Gasteiger partial charge in [0.2, 0.25) is 0 Å². The van der Waals surface area contributed by atoms with Crippen molar-refractivity contribution in [1.29, 1.82) is 0 Å². The molecular formula is C22H19F3N8O3S. The number of nitrogens with one attached hydrogen (secondary N) is 2.